The number of rotatable bonds is 4. The van der Waals surface area contributed by atoms with Crippen molar-refractivity contribution in [2.75, 3.05) is 5.32 Å². The SMILES string of the molecule is CCCC(C)(C)Nc1cncc(Br)c1. The lowest BCUT2D eigenvalue weighted by Crippen LogP contribution is -2.30. The van der Waals surface area contributed by atoms with Crippen LogP contribution in [-0.4, -0.2) is 10.5 Å². The minimum Gasteiger partial charge on any atom is -0.379 e. The Bertz CT molecular complexity index is 297. The Morgan fingerprint density at radius 3 is 2.71 bits per heavy atom. The molecular weight excluding hydrogens is 240 g/mol. The molecule has 0 bridgehead atoms. The van der Waals surface area contributed by atoms with E-state index in [1.165, 1.54) is 6.42 Å². The van der Waals surface area contributed by atoms with Crippen molar-refractivity contribution >= 4 is 21.6 Å². The number of nitrogens with zero attached hydrogens (tertiary/aromatic N) is 1. The average Bonchev–Trinajstić information content (AvgIpc) is 2.02. The van der Waals surface area contributed by atoms with Gasteiger partial charge in [0.25, 0.3) is 0 Å². The van der Waals surface area contributed by atoms with Gasteiger partial charge in [-0.2, -0.15) is 0 Å². The van der Waals surface area contributed by atoms with Gasteiger partial charge in [-0.25, -0.2) is 0 Å². The molecule has 0 amide bonds. The predicted molar refractivity (Wildman–Crippen MR) is 64.5 cm³/mol. The van der Waals surface area contributed by atoms with Crippen molar-refractivity contribution in [2.45, 2.75) is 39.2 Å². The van der Waals surface area contributed by atoms with E-state index in [0.717, 1.165) is 16.6 Å². The number of hydrogen-bond donors (Lipinski definition) is 1. The molecule has 1 rings (SSSR count). The van der Waals surface area contributed by atoms with E-state index >= 15 is 0 Å². The highest BCUT2D eigenvalue weighted by Crippen LogP contribution is 2.21. The van der Waals surface area contributed by atoms with E-state index in [0.29, 0.717) is 0 Å². The van der Waals surface area contributed by atoms with E-state index < -0.39 is 0 Å². The van der Waals surface area contributed by atoms with Crippen molar-refractivity contribution in [1.29, 1.82) is 0 Å². The monoisotopic (exact) mass is 256 g/mol. The smallest absolute Gasteiger partial charge is 0.0542 e. The highest BCUT2D eigenvalue weighted by atomic mass is 79.9. The van der Waals surface area contributed by atoms with Gasteiger partial charge < -0.3 is 5.32 Å². The van der Waals surface area contributed by atoms with Crippen LogP contribution in [0.25, 0.3) is 0 Å². The minimum atomic E-state index is 0.136. The van der Waals surface area contributed by atoms with Crippen molar-refractivity contribution in [3.8, 4) is 0 Å². The third-order valence-corrected chi connectivity index (χ3v) is 2.50. The molecule has 0 saturated carbocycles. The number of pyridine rings is 1. The standard InChI is InChI=1S/C11H17BrN2/c1-4-5-11(2,3)14-10-6-9(12)7-13-8-10/h6-8,14H,4-5H2,1-3H3. The maximum Gasteiger partial charge on any atom is 0.0542 e. The van der Waals surface area contributed by atoms with Crippen LogP contribution in [0.15, 0.2) is 22.9 Å². The van der Waals surface area contributed by atoms with Gasteiger partial charge in [0.05, 0.1) is 11.9 Å². The van der Waals surface area contributed by atoms with Crippen LogP contribution in [0.2, 0.25) is 0 Å². The minimum absolute atomic E-state index is 0.136. The van der Waals surface area contributed by atoms with Crippen LogP contribution in [0.4, 0.5) is 5.69 Å². The molecule has 0 radical (unpaired) electrons. The highest BCUT2D eigenvalue weighted by molar-refractivity contribution is 9.10. The van der Waals surface area contributed by atoms with Gasteiger partial charge >= 0.3 is 0 Å². The molecule has 0 aliphatic heterocycles. The molecule has 3 heteroatoms. The summed E-state index contributed by atoms with van der Waals surface area (Å²) in [5.41, 5.74) is 1.20. The molecule has 0 unspecified atom stereocenters. The summed E-state index contributed by atoms with van der Waals surface area (Å²) in [5.74, 6) is 0. The summed E-state index contributed by atoms with van der Waals surface area (Å²) in [7, 11) is 0. The molecule has 1 aromatic rings. The van der Waals surface area contributed by atoms with Crippen LogP contribution in [-0.2, 0) is 0 Å². The van der Waals surface area contributed by atoms with Gasteiger partial charge in [0, 0.05) is 16.2 Å². The maximum atomic E-state index is 4.12. The second kappa shape index (κ2) is 4.78. The van der Waals surface area contributed by atoms with Crippen molar-refractivity contribution in [3.05, 3.63) is 22.9 Å². The van der Waals surface area contributed by atoms with Crippen molar-refractivity contribution in [1.82, 2.24) is 4.98 Å². The van der Waals surface area contributed by atoms with Crippen LogP contribution in [0, 0.1) is 0 Å². The van der Waals surface area contributed by atoms with Crippen LogP contribution >= 0.6 is 15.9 Å². The fourth-order valence-electron chi connectivity index (χ4n) is 1.56. The Balaban J connectivity index is 2.68. The molecule has 0 aliphatic rings. The number of aromatic nitrogens is 1. The van der Waals surface area contributed by atoms with E-state index in [2.05, 4.69) is 47.0 Å². The van der Waals surface area contributed by atoms with Gasteiger partial charge in [-0.3, -0.25) is 4.98 Å². The largest absolute Gasteiger partial charge is 0.379 e. The zero-order chi connectivity index (χ0) is 10.6. The van der Waals surface area contributed by atoms with Crippen molar-refractivity contribution in [2.24, 2.45) is 0 Å². The predicted octanol–water partition coefficient (Wildman–Crippen LogP) is 3.83. The van der Waals surface area contributed by atoms with Crippen LogP contribution < -0.4 is 5.32 Å². The summed E-state index contributed by atoms with van der Waals surface area (Å²) >= 11 is 3.41. The third-order valence-electron chi connectivity index (χ3n) is 2.06. The Morgan fingerprint density at radius 2 is 2.14 bits per heavy atom. The van der Waals surface area contributed by atoms with Gasteiger partial charge in [0.1, 0.15) is 0 Å². The zero-order valence-electron chi connectivity index (χ0n) is 8.97. The first-order valence-electron chi connectivity index (χ1n) is 4.92. The van der Waals surface area contributed by atoms with E-state index in [1.807, 2.05) is 12.3 Å². The molecular formula is C11H17BrN2. The lowest BCUT2D eigenvalue weighted by molar-refractivity contribution is 0.511. The maximum absolute atomic E-state index is 4.12. The van der Waals surface area contributed by atoms with Gasteiger partial charge in [-0.05, 0) is 42.3 Å². The van der Waals surface area contributed by atoms with Crippen molar-refractivity contribution in [3.63, 3.8) is 0 Å². The first-order valence-corrected chi connectivity index (χ1v) is 5.71. The van der Waals surface area contributed by atoms with Gasteiger partial charge in [0.15, 0.2) is 0 Å². The number of nitrogens with one attached hydrogen (secondary N) is 1. The topological polar surface area (TPSA) is 24.9 Å². The molecule has 2 nitrogen and oxygen atoms in total. The van der Waals surface area contributed by atoms with E-state index in [9.17, 15) is 0 Å². The van der Waals surface area contributed by atoms with Crippen LogP contribution in [0.5, 0.6) is 0 Å². The molecule has 0 aromatic carbocycles. The van der Waals surface area contributed by atoms with E-state index in [-0.39, 0.29) is 5.54 Å². The summed E-state index contributed by atoms with van der Waals surface area (Å²) in [5, 5.41) is 3.47. The first-order chi connectivity index (χ1) is 6.53. The molecule has 78 valence electrons. The average molecular weight is 257 g/mol. The first kappa shape index (κ1) is 11.5. The normalized spacial score (nSPS) is 11.4. The molecule has 0 aliphatic carbocycles. The molecule has 1 heterocycles. The molecule has 1 N–H and O–H groups in total. The molecule has 0 spiro atoms. The second-order valence-corrected chi connectivity index (χ2v) is 5.07. The highest BCUT2D eigenvalue weighted by Gasteiger charge is 2.15. The van der Waals surface area contributed by atoms with Gasteiger partial charge in [-0.15, -0.1) is 0 Å². The molecule has 0 atom stereocenters. The van der Waals surface area contributed by atoms with Gasteiger partial charge in [-0.1, -0.05) is 13.3 Å². The van der Waals surface area contributed by atoms with E-state index in [1.54, 1.807) is 6.20 Å². The zero-order valence-corrected chi connectivity index (χ0v) is 10.6. The quantitative estimate of drug-likeness (QED) is 0.886. The third kappa shape index (κ3) is 3.66. The van der Waals surface area contributed by atoms with E-state index in [4.69, 9.17) is 0 Å². The fraction of sp³-hybridized carbons (Fsp3) is 0.545. The second-order valence-electron chi connectivity index (χ2n) is 4.15. The number of halogens is 1. The summed E-state index contributed by atoms with van der Waals surface area (Å²) in [6.45, 7) is 6.61. The van der Waals surface area contributed by atoms with Gasteiger partial charge in [0.2, 0.25) is 0 Å². The summed E-state index contributed by atoms with van der Waals surface area (Å²) < 4.78 is 1.01. The van der Waals surface area contributed by atoms with Crippen LogP contribution in [0.3, 0.4) is 0 Å². The molecule has 0 fully saturated rings. The number of hydrogen-bond acceptors (Lipinski definition) is 2. The summed E-state index contributed by atoms with van der Waals surface area (Å²) in [6.07, 6.45) is 5.97. The Hall–Kier alpha value is -0.570. The van der Waals surface area contributed by atoms with Crippen LogP contribution in [0.1, 0.15) is 33.6 Å². The fourth-order valence-corrected chi connectivity index (χ4v) is 1.92. The summed E-state index contributed by atoms with van der Waals surface area (Å²) in [4.78, 5) is 4.12. The van der Waals surface area contributed by atoms with Crippen molar-refractivity contribution < 1.29 is 0 Å². The molecule has 1 aromatic heterocycles. The lowest BCUT2D eigenvalue weighted by atomic mass is 9.99. The molecule has 14 heavy (non-hydrogen) atoms. The lowest BCUT2D eigenvalue weighted by Gasteiger charge is -2.26. The Labute approximate surface area is 94.3 Å². The summed E-state index contributed by atoms with van der Waals surface area (Å²) in [6, 6.07) is 2.05. The Morgan fingerprint density at radius 1 is 1.43 bits per heavy atom. The molecule has 0 saturated heterocycles. The Kier molecular flexibility index (Phi) is 3.93. The number of anilines is 1.